The number of benzene rings is 2. The summed E-state index contributed by atoms with van der Waals surface area (Å²) in [6.45, 7) is 18.5. The molecule has 3 aliphatic rings. The average Bonchev–Trinajstić information content (AvgIpc) is 3.57. The minimum Gasteiger partial charge on any atom is -0.483 e. The van der Waals surface area contributed by atoms with E-state index in [9.17, 15) is 18.0 Å². The molecule has 2 aromatic carbocycles. The summed E-state index contributed by atoms with van der Waals surface area (Å²) in [5.41, 5.74) is 1.73. The van der Waals surface area contributed by atoms with Gasteiger partial charge >= 0.3 is 0 Å². The van der Waals surface area contributed by atoms with E-state index in [4.69, 9.17) is 9.90 Å². The summed E-state index contributed by atoms with van der Waals surface area (Å²) in [6, 6.07) is 10.7. The van der Waals surface area contributed by atoms with Gasteiger partial charge in [-0.05, 0) is 112 Å². The van der Waals surface area contributed by atoms with Crippen molar-refractivity contribution in [1.82, 2.24) is 15.1 Å². The first-order valence-electron chi connectivity index (χ1n) is 18.5. The number of hydrogen-bond donors (Lipinski definition) is 2. The van der Waals surface area contributed by atoms with Gasteiger partial charge < -0.3 is 20.2 Å². The summed E-state index contributed by atoms with van der Waals surface area (Å²) in [5, 5.41) is 9.46. The fourth-order valence-electron chi connectivity index (χ4n) is 5.88. The Hall–Kier alpha value is -2.91. The summed E-state index contributed by atoms with van der Waals surface area (Å²) in [6.07, 6.45) is 12.7. The van der Waals surface area contributed by atoms with Gasteiger partial charge in [0.25, 0.3) is 6.47 Å². The van der Waals surface area contributed by atoms with Crippen LogP contribution in [0.15, 0.2) is 42.5 Å². The lowest BCUT2D eigenvalue weighted by molar-refractivity contribution is -0.123. The van der Waals surface area contributed by atoms with Crippen LogP contribution in [-0.4, -0.2) is 67.1 Å². The van der Waals surface area contributed by atoms with E-state index in [2.05, 4.69) is 49.0 Å². The number of piperidine rings is 1. The number of carbonyl (C=O) groups is 2. The van der Waals surface area contributed by atoms with Crippen molar-refractivity contribution in [3.05, 3.63) is 71.0 Å². The molecule has 0 spiro atoms. The van der Waals surface area contributed by atoms with Gasteiger partial charge in [0.1, 0.15) is 5.82 Å². The summed E-state index contributed by atoms with van der Waals surface area (Å²) in [4.78, 5) is 24.2. The van der Waals surface area contributed by atoms with Gasteiger partial charge in [0.05, 0.1) is 0 Å². The fraction of sp³-hybridized carbons (Fsp3) is 0.650. The third kappa shape index (κ3) is 21.7. The van der Waals surface area contributed by atoms with Crippen LogP contribution in [0.5, 0.6) is 0 Å². The van der Waals surface area contributed by atoms with Crippen LogP contribution >= 0.6 is 0 Å². The number of hydrogen-bond acceptors (Lipinski definition) is 4. The zero-order chi connectivity index (χ0) is 37.0. The first-order valence-corrected chi connectivity index (χ1v) is 18.5. The van der Waals surface area contributed by atoms with Crippen molar-refractivity contribution >= 4 is 12.4 Å². The van der Waals surface area contributed by atoms with Gasteiger partial charge in [-0.15, -0.1) is 0 Å². The molecule has 49 heavy (non-hydrogen) atoms. The third-order valence-electron chi connectivity index (χ3n) is 8.64. The van der Waals surface area contributed by atoms with Crippen molar-refractivity contribution in [2.24, 2.45) is 11.8 Å². The molecule has 2 N–H and O–H groups in total. The van der Waals surface area contributed by atoms with E-state index in [1.165, 1.54) is 102 Å². The van der Waals surface area contributed by atoms with Crippen molar-refractivity contribution in [3.63, 3.8) is 0 Å². The summed E-state index contributed by atoms with van der Waals surface area (Å²) < 4.78 is 38.5. The standard InChI is InChI=1S/C17H24FN.C10H11F2NO.C7H15N.C3H8.C2H6.CH2O2/c18-17-8-4-7-15(11-17)16-9-10-19(13-16)12-14-5-2-1-3-6-14;1-2-10(14)13-6-7-3-4-8(11)9(12)5-7;1-7-3-5-8(2)6-4-7;1-3-2;1-2;2-1-3/h4,7-8,11,14,16H,1-3,5-6,9-10,12-13H2;3-5H,2,6H2,1H3,(H,13,14);7H,3-6H2,1-2H3;3H2,1-2H3;1-2H3;1H,(H,2,3). The first kappa shape index (κ1) is 46.1. The molecular weight excluding hydrogens is 627 g/mol. The molecule has 5 rings (SSSR count). The molecule has 1 atom stereocenters. The van der Waals surface area contributed by atoms with E-state index in [1.807, 2.05) is 19.9 Å². The quantitative estimate of drug-likeness (QED) is 0.295. The monoisotopic (exact) mass is 694 g/mol. The smallest absolute Gasteiger partial charge is 0.290 e. The largest absolute Gasteiger partial charge is 0.483 e. The highest BCUT2D eigenvalue weighted by Crippen LogP contribution is 2.31. The van der Waals surface area contributed by atoms with E-state index < -0.39 is 11.6 Å². The van der Waals surface area contributed by atoms with Crippen LogP contribution in [-0.2, 0) is 16.1 Å². The Kier molecular flexibility index (Phi) is 27.2. The molecule has 2 saturated heterocycles. The lowest BCUT2D eigenvalue weighted by Gasteiger charge is -2.26. The Morgan fingerprint density at radius 2 is 1.51 bits per heavy atom. The normalized spacial score (nSPS) is 17.9. The van der Waals surface area contributed by atoms with Gasteiger partial charge in [0.2, 0.25) is 5.91 Å². The van der Waals surface area contributed by atoms with E-state index >= 15 is 0 Å². The second-order valence-corrected chi connectivity index (χ2v) is 13.0. The predicted molar refractivity (Wildman–Crippen MR) is 197 cm³/mol. The van der Waals surface area contributed by atoms with Crippen LogP contribution in [0.4, 0.5) is 13.2 Å². The third-order valence-corrected chi connectivity index (χ3v) is 8.64. The number of nitrogens with zero attached hydrogens (tertiary/aromatic N) is 2. The van der Waals surface area contributed by atoms with Crippen LogP contribution in [0.3, 0.4) is 0 Å². The average molecular weight is 694 g/mol. The molecule has 1 saturated carbocycles. The van der Waals surface area contributed by atoms with E-state index in [0.717, 1.165) is 30.5 Å². The molecule has 0 radical (unpaired) electrons. The van der Waals surface area contributed by atoms with Crippen molar-refractivity contribution in [1.29, 1.82) is 0 Å². The first-order chi connectivity index (χ1) is 23.6. The van der Waals surface area contributed by atoms with E-state index in [-0.39, 0.29) is 24.7 Å². The Labute approximate surface area is 295 Å². The zero-order valence-corrected chi connectivity index (χ0v) is 31.5. The van der Waals surface area contributed by atoms with Gasteiger partial charge in [0.15, 0.2) is 11.6 Å². The SMILES string of the molecule is CC.CC1CCN(C)CC1.CCC.CCC(=O)NCc1ccc(F)c(F)c1.Fc1cccc(C2CCN(CC3CCCCC3)C2)c1.O=CO. The van der Waals surface area contributed by atoms with Gasteiger partial charge in [0, 0.05) is 26.1 Å². The number of amides is 1. The maximum absolute atomic E-state index is 13.3. The van der Waals surface area contributed by atoms with Crippen LogP contribution in [0, 0.1) is 29.3 Å². The Balaban J connectivity index is 0.000000674. The molecule has 0 bridgehead atoms. The Morgan fingerprint density at radius 3 is 2.04 bits per heavy atom. The molecule has 2 heterocycles. The van der Waals surface area contributed by atoms with Gasteiger partial charge in [-0.1, -0.05) is 85.4 Å². The zero-order valence-electron chi connectivity index (χ0n) is 31.5. The Bertz CT molecular complexity index is 1110. The maximum atomic E-state index is 13.3. The van der Waals surface area contributed by atoms with Crippen LogP contribution in [0.25, 0.3) is 0 Å². The molecule has 1 aliphatic carbocycles. The summed E-state index contributed by atoms with van der Waals surface area (Å²) in [7, 11) is 2.20. The highest BCUT2D eigenvalue weighted by atomic mass is 19.2. The van der Waals surface area contributed by atoms with E-state index in [0.29, 0.717) is 17.9 Å². The summed E-state index contributed by atoms with van der Waals surface area (Å²) >= 11 is 0. The molecule has 2 aromatic rings. The van der Waals surface area contributed by atoms with Gasteiger partial charge in [-0.25, -0.2) is 13.2 Å². The molecule has 9 heteroatoms. The number of nitrogens with one attached hydrogen (secondary N) is 1. The number of carboxylic acid groups (broad SMARTS) is 1. The van der Waals surface area contributed by atoms with Crippen molar-refractivity contribution < 1.29 is 27.9 Å². The number of halogens is 3. The minimum absolute atomic E-state index is 0.0942. The summed E-state index contributed by atoms with van der Waals surface area (Å²) in [5.74, 6) is 0.451. The van der Waals surface area contributed by atoms with E-state index in [1.54, 1.807) is 13.0 Å². The van der Waals surface area contributed by atoms with Crippen LogP contribution in [0.2, 0.25) is 0 Å². The molecule has 2 aliphatic heterocycles. The highest BCUT2D eigenvalue weighted by Gasteiger charge is 2.26. The van der Waals surface area contributed by atoms with Gasteiger partial charge in [-0.2, -0.15) is 0 Å². The highest BCUT2D eigenvalue weighted by molar-refractivity contribution is 5.75. The maximum Gasteiger partial charge on any atom is 0.290 e. The van der Waals surface area contributed by atoms with Crippen LogP contribution < -0.4 is 5.32 Å². The number of carbonyl (C=O) groups excluding carboxylic acids is 1. The van der Waals surface area contributed by atoms with Crippen molar-refractivity contribution in [2.45, 2.75) is 118 Å². The van der Waals surface area contributed by atoms with Gasteiger partial charge in [-0.3, -0.25) is 9.59 Å². The van der Waals surface area contributed by atoms with Crippen LogP contribution in [0.1, 0.15) is 123 Å². The molecule has 1 amide bonds. The van der Waals surface area contributed by atoms with Crippen molar-refractivity contribution in [2.75, 3.05) is 39.8 Å². The molecule has 0 aromatic heterocycles. The second-order valence-electron chi connectivity index (χ2n) is 13.0. The number of likely N-dealkylation sites (tertiary alicyclic amines) is 2. The molecular formula is C40H66F3N3O3. The molecule has 6 nitrogen and oxygen atoms in total. The Morgan fingerprint density at radius 1 is 0.898 bits per heavy atom. The topological polar surface area (TPSA) is 72.9 Å². The molecule has 3 fully saturated rings. The minimum atomic E-state index is -0.895. The number of rotatable bonds is 6. The molecule has 1 unspecified atom stereocenters. The lowest BCUT2D eigenvalue weighted by atomic mass is 9.89. The van der Waals surface area contributed by atoms with Crippen molar-refractivity contribution in [3.8, 4) is 0 Å². The molecule has 280 valence electrons. The lowest BCUT2D eigenvalue weighted by Crippen LogP contribution is -2.28. The fourth-order valence-corrected chi connectivity index (χ4v) is 5.88. The predicted octanol–water partition coefficient (Wildman–Crippen LogP) is 9.68. The second kappa shape index (κ2) is 28.9.